The summed E-state index contributed by atoms with van der Waals surface area (Å²) in [6, 6.07) is 27.2. The first kappa shape index (κ1) is 28.2. The van der Waals surface area contributed by atoms with E-state index in [4.69, 9.17) is 35.4 Å². The van der Waals surface area contributed by atoms with Crippen molar-refractivity contribution in [3.05, 3.63) is 124 Å². The fourth-order valence-electron chi connectivity index (χ4n) is 5.88. The summed E-state index contributed by atoms with van der Waals surface area (Å²) in [6.45, 7) is 4.55. The molecule has 9 heteroatoms. The molecule has 1 aliphatic heterocycles. The zero-order valence-corrected chi connectivity index (χ0v) is 25.5. The minimum atomic E-state index is -0.205. The van der Waals surface area contributed by atoms with Gasteiger partial charge in [-0.25, -0.2) is 0 Å². The Balaban J connectivity index is 1.33. The maximum atomic E-state index is 13.2. The summed E-state index contributed by atoms with van der Waals surface area (Å²) < 4.78 is 2.12. The van der Waals surface area contributed by atoms with Crippen LogP contribution in [0.25, 0.3) is 16.5 Å². The van der Waals surface area contributed by atoms with Crippen LogP contribution in [0.1, 0.15) is 41.1 Å². The van der Waals surface area contributed by atoms with E-state index in [-0.39, 0.29) is 24.4 Å². The topological polar surface area (TPSA) is 62.2 Å². The van der Waals surface area contributed by atoms with Crippen molar-refractivity contribution in [3.63, 3.8) is 0 Å². The third-order valence-corrected chi connectivity index (χ3v) is 8.96. The van der Waals surface area contributed by atoms with Crippen LogP contribution >= 0.6 is 35.4 Å². The Morgan fingerprint density at radius 3 is 2.57 bits per heavy atom. The Labute approximate surface area is 260 Å². The van der Waals surface area contributed by atoms with Crippen molar-refractivity contribution in [2.45, 2.75) is 32.4 Å². The van der Waals surface area contributed by atoms with E-state index in [0.717, 1.165) is 44.8 Å². The number of aryl methyl sites for hydroxylation is 1. The van der Waals surface area contributed by atoms with Crippen LogP contribution in [0, 0.1) is 13.8 Å². The molecular weight excluding hydrogens is 585 g/mol. The maximum absolute atomic E-state index is 13.2. The number of hydrogen-bond acceptors (Lipinski definition) is 3. The molecular formula is C33H29Cl2N5OS. The number of carbonyl (C=O) groups excluding carboxylic acids is 1. The van der Waals surface area contributed by atoms with Gasteiger partial charge in [-0.2, -0.15) is 0 Å². The van der Waals surface area contributed by atoms with Gasteiger partial charge in [0, 0.05) is 41.6 Å². The first-order valence-electron chi connectivity index (χ1n) is 13.7. The van der Waals surface area contributed by atoms with Crippen molar-refractivity contribution >= 4 is 62.9 Å². The number of aromatic nitrogens is 2. The van der Waals surface area contributed by atoms with Crippen LogP contribution in [0.4, 0.5) is 5.69 Å². The molecule has 2 N–H and O–H groups in total. The number of fused-ring (bicyclic) bond motifs is 1. The van der Waals surface area contributed by atoms with Gasteiger partial charge in [-0.05, 0) is 73.4 Å². The SMILES string of the molecule is Cc1cc([C@@H]2[C@@H](c3ccccn3)NC(=S)N2CCC(=O)Nc2cccc3ccccc23)c(C)n1-c1cccc(Cl)c1Cl. The summed E-state index contributed by atoms with van der Waals surface area (Å²) in [6.07, 6.45) is 2.04. The lowest BCUT2D eigenvalue weighted by molar-refractivity contribution is -0.116. The van der Waals surface area contributed by atoms with Gasteiger partial charge >= 0.3 is 0 Å². The summed E-state index contributed by atoms with van der Waals surface area (Å²) in [4.78, 5) is 20.0. The molecule has 0 spiro atoms. The summed E-state index contributed by atoms with van der Waals surface area (Å²) in [5.41, 5.74) is 5.58. The van der Waals surface area contributed by atoms with Gasteiger partial charge in [0.05, 0.1) is 33.5 Å². The summed E-state index contributed by atoms with van der Waals surface area (Å²) >= 11 is 18.9. The molecule has 2 aromatic heterocycles. The van der Waals surface area contributed by atoms with Crippen LogP contribution in [-0.2, 0) is 4.79 Å². The molecule has 0 radical (unpaired) electrons. The van der Waals surface area contributed by atoms with Crippen molar-refractivity contribution in [2.24, 2.45) is 0 Å². The molecule has 1 amide bonds. The third-order valence-electron chi connectivity index (χ3n) is 7.80. The second kappa shape index (κ2) is 11.8. The molecule has 42 heavy (non-hydrogen) atoms. The number of amides is 1. The number of anilines is 1. The molecule has 5 aromatic rings. The Bertz CT molecular complexity index is 1800. The van der Waals surface area contributed by atoms with E-state index in [1.807, 2.05) is 79.7 Å². The lowest BCUT2D eigenvalue weighted by atomic mass is 9.96. The summed E-state index contributed by atoms with van der Waals surface area (Å²) in [7, 11) is 0. The van der Waals surface area contributed by atoms with Crippen LogP contribution in [0.3, 0.4) is 0 Å². The van der Waals surface area contributed by atoms with Crippen molar-refractivity contribution in [1.82, 2.24) is 19.8 Å². The van der Waals surface area contributed by atoms with Gasteiger partial charge in [-0.15, -0.1) is 0 Å². The Kier molecular flexibility index (Phi) is 7.90. The quantitative estimate of drug-likeness (QED) is 0.182. The second-order valence-corrected chi connectivity index (χ2v) is 11.6. The van der Waals surface area contributed by atoms with Gasteiger partial charge < -0.3 is 20.1 Å². The zero-order valence-electron chi connectivity index (χ0n) is 23.1. The lowest BCUT2D eigenvalue weighted by Crippen LogP contribution is -2.33. The van der Waals surface area contributed by atoms with Crippen molar-refractivity contribution < 1.29 is 4.79 Å². The number of thiocarbonyl (C=S) groups is 1. The highest BCUT2D eigenvalue weighted by atomic mass is 35.5. The Morgan fingerprint density at radius 2 is 1.76 bits per heavy atom. The molecule has 3 aromatic carbocycles. The molecule has 0 aliphatic carbocycles. The standard InChI is InChI=1S/C33H29Cl2N5OS/c1-20-19-24(21(2)40(20)28-15-8-12-25(34)30(28)35)32-31(27-13-5-6-17-36-27)38-33(42)39(32)18-16-29(41)37-26-14-7-10-22-9-3-4-11-23(22)26/h3-15,17,19,31-32H,16,18H2,1-2H3,(H,37,41)(H,38,42)/t31-,32-/m1/s1. The number of pyridine rings is 1. The van der Waals surface area contributed by atoms with Crippen LogP contribution in [0.15, 0.2) is 91.1 Å². The van der Waals surface area contributed by atoms with E-state index < -0.39 is 0 Å². The van der Waals surface area contributed by atoms with Crippen LogP contribution < -0.4 is 10.6 Å². The zero-order chi connectivity index (χ0) is 29.4. The fourth-order valence-corrected chi connectivity index (χ4v) is 6.59. The summed E-state index contributed by atoms with van der Waals surface area (Å²) in [5.74, 6) is -0.0784. The molecule has 6 rings (SSSR count). The van der Waals surface area contributed by atoms with Gasteiger partial charge in [-0.1, -0.05) is 71.7 Å². The molecule has 6 nitrogen and oxygen atoms in total. The monoisotopic (exact) mass is 613 g/mol. The molecule has 1 saturated heterocycles. The number of halogens is 2. The predicted octanol–water partition coefficient (Wildman–Crippen LogP) is 7.95. The Hall–Kier alpha value is -3.91. The average Bonchev–Trinajstić information content (AvgIpc) is 3.48. The third kappa shape index (κ3) is 5.24. The van der Waals surface area contributed by atoms with E-state index >= 15 is 0 Å². The second-order valence-electron chi connectivity index (χ2n) is 10.4. The first-order chi connectivity index (χ1) is 20.3. The van der Waals surface area contributed by atoms with Gasteiger partial charge in [0.2, 0.25) is 5.91 Å². The van der Waals surface area contributed by atoms with E-state index in [1.54, 1.807) is 12.3 Å². The molecule has 1 aliphatic rings. The van der Waals surface area contributed by atoms with Gasteiger partial charge in [-0.3, -0.25) is 9.78 Å². The highest BCUT2D eigenvalue weighted by Crippen LogP contribution is 2.42. The van der Waals surface area contributed by atoms with Crippen molar-refractivity contribution in [1.29, 1.82) is 0 Å². The van der Waals surface area contributed by atoms with Crippen molar-refractivity contribution in [3.8, 4) is 5.69 Å². The lowest BCUT2D eigenvalue weighted by Gasteiger charge is -2.28. The van der Waals surface area contributed by atoms with Crippen LogP contribution in [0.5, 0.6) is 0 Å². The minimum Gasteiger partial charge on any atom is -0.352 e. The van der Waals surface area contributed by atoms with Gasteiger partial charge in [0.25, 0.3) is 0 Å². The molecule has 0 bridgehead atoms. The highest BCUT2D eigenvalue weighted by molar-refractivity contribution is 7.80. The highest BCUT2D eigenvalue weighted by Gasteiger charge is 2.41. The minimum absolute atomic E-state index is 0.0784. The molecule has 0 unspecified atom stereocenters. The number of hydrogen-bond donors (Lipinski definition) is 2. The number of nitrogens with zero attached hydrogens (tertiary/aromatic N) is 3. The van der Waals surface area contributed by atoms with E-state index in [1.165, 1.54) is 0 Å². The molecule has 3 heterocycles. The van der Waals surface area contributed by atoms with Crippen molar-refractivity contribution in [2.75, 3.05) is 11.9 Å². The smallest absolute Gasteiger partial charge is 0.226 e. The first-order valence-corrected chi connectivity index (χ1v) is 14.9. The van der Waals surface area contributed by atoms with E-state index in [2.05, 4.69) is 38.1 Å². The number of nitrogens with one attached hydrogen (secondary N) is 2. The Morgan fingerprint density at radius 1 is 1.00 bits per heavy atom. The largest absolute Gasteiger partial charge is 0.352 e. The maximum Gasteiger partial charge on any atom is 0.226 e. The fraction of sp³-hybridized carbons (Fsp3) is 0.182. The van der Waals surface area contributed by atoms with E-state index in [9.17, 15) is 4.79 Å². The normalized spacial score (nSPS) is 16.6. The summed E-state index contributed by atoms with van der Waals surface area (Å²) in [5, 5.41) is 10.3. The van der Waals surface area contributed by atoms with E-state index in [0.29, 0.717) is 21.7 Å². The van der Waals surface area contributed by atoms with Crippen LogP contribution in [0.2, 0.25) is 10.0 Å². The molecule has 2 atom stereocenters. The van der Waals surface area contributed by atoms with Crippen LogP contribution in [-0.4, -0.2) is 32.0 Å². The van der Waals surface area contributed by atoms with Gasteiger partial charge in [0.1, 0.15) is 0 Å². The average molecular weight is 615 g/mol. The molecule has 1 fully saturated rings. The molecule has 0 saturated carbocycles. The number of rotatable bonds is 7. The molecule has 212 valence electrons. The predicted molar refractivity (Wildman–Crippen MR) is 175 cm³/mol. The van der Waals surface area contributed by atoms with Gasteiger partial charge in [0.15, 0.2) is 5.11 Å². The number of benzene rings is 3. The number of carbonyl (C=O) groups is 1.